The van der Waals surface area contributed by atoms with Crippen molar-refractivity contribution in [2.24, 2.45) is 0 Å². The van der Waals surface area contributed by atoms with Gasteiger partial charge in [-0.25, -0.2) is 9.97 Å². The molecule has 0 aliphatic carbocycles. The maximum Gasteiger partial charge on any atom is 0.280 e. The fourth-order valence-electron chi connectivity index (χ4n) is 2.45. The lowest BCUT2D eigenvalue weighted by molar-refractivity contribution is 0.0980. The standard InChI is InChI=1S/C18H12BrN5OS/c19-13-3-4-14-16(8-13)26-18(23-14)24(11-12-2-1-5-20-9-12)17(25)15-10-21-6-7-22-15/h1-10H,11H2. The summed E-state index contributed by atoms with van der Waals surface area (Å²) in [4.78, 5) is 31.6. The minimum atomic E-state index is -0.250. The van der Waals surface area contributed by atoms with Crippen LogP contribution in [0.25, 0.3) is 10.2 Å². The Morgan fingerprint density at radius 2 is 2.00 bits per heavy atom. The minimum absolute atomic E-state index is 0.250. The molecule has 0 atom stereocenters. The highest BCUT2D eigenvalue weighted by molar-refractivity contribution is 9.10. The molecule has 0 fully saturated rings. The van der Waals surface area contributed by atoms with Gasteiger partial charge in [0.25, 0.3) is 5.91 Å². The van der Waals surface area contributed by atoms with Gasteiger partial charge < -0.3 is 0 Å². The van der Waals surface area contributed by atoms with Crippen molar-refractivity contribution in [1.29, 1.82) is 0 Å². The van der Waals surface area contributed by atoms with Crippen LogP contribution in [0.15, 0.2) is 65.8 Å². The van der Waals surface area contributed by atoms with Crippen LogP contribution in [0.2, 0.25) is 0 Å². The molecule has 0 unspecified atom stereocenters. The number of halogens is 1. The number of nitrogens with zero attached hydrogens (tertiary/aromatic N) is 5. The second-order valence-corrected chi connectivity index (χ2v) is 7.38. The molecule has 0 saturated heterocycles. The number of hydrogen-bond acceptors (Lipinski definition) is 6. The van der Waals surface area contributed by atoms with Crippen molar-refractivity contribution in [3.05, 3.63) is 77.0 Å². The topological polar surface area (TPSA) is 71.9 Å². The van der Waals surface area contributed by atoms with Crippen LogP contribution in [0.4, 0.5) is 5.13 Å². The van der Waals surface area contributed by atoms with Gasteiger partial charge in [0.2, 0.25) is 0 Å². The van der Waals surface area contributed by atoms with Gasteiger partial charge >= 0.3 is 0 Å². The Balaban J connectivity index is 1.77. The number of carbonyl (C=O) groups is 1. The maximum absolute atomic E-state index is 13.1. The van der Waals surface area contributed by atoms with Gasteiger partial charge in [-0.15, -0.1) is 0 Å². The van der Waals surface area contributed by atoms with Crippen LogP contribution < -0.4 is 4.90 Å². The molecule has 26 heavy (non-hydrogen) atoms. The highest BCUT2D eigenvalue weighted by Gasteiger charge is 2.23. The van der Waals surface area contributed by atoms with E-state index in [1.54, 1.807) is 17.3 Å². The Morgan fingerprint density at radius 1 is 1.12 bits per heavy atom. The lowest BCUT2D eigenvalue weighted by Crippen LogP contribution is -2.31. The molecule has 4 rings (SSSR count). The fourth-order valence-corrected chi connectivity index (χ4v) is 3.97. The van der Waals surface area contributed by atoms with Gasteiger partial charge in [-0.05, 0) is 29.8 Å². The number of rotatable bonds is 4. The molecular formula is C18H12BrN5OS. The molecule has 4 aromatic rings. The van der Waals surface area contributed by atoms with Crippen molar-refractivity contribution >= 4 is 48.5 Å². The molecule has 0 aliphatic rings. The van der Waals surface area contributed by atoms with Crippen LogP contribution in [0.3, 0.4) is 0 Å². The zero-order chi connectivity index (χ0) is 17.9. The molecule has 1 aromatic carbocycles. The van der Waals surface area contributed by atoms with Gasteiger partial charge in [0.05, 0.1) is 23.0 Å². The molecule has 3 heterocycles. The first-order chi connectivity index (χ1) is 12.7. The molecule has 6 nitrogen and oxygen atoms in total. The SMILES string of the molecule is O=C(c1cnccn1)N(Cc1cccnc1)c1nc2ccc(Br)cc2s1. The predicted molar refractivity (Wildman–Crippen MR) is 104 cm³/mol. The van der Waals surface area contributed by atoms with Crippen molar-refractivity contribution in [2.75, 3.05) is 4.90 Å². The summed E-state index contributed by atoms with van der Waals surface area (Å²) in [5.41, 5.74) is 2.03. The van der Waals surface area contributed by atoms with Crippen molar-refractivity contribution in [3.63, 3.8) is 0 Å². The highest BCUT2D eigenvalue weighted by atomic mass is 79.9. The van der Waals surface area contributed by atoms with Crippen LogP contribution in [0, 0.1) is 0 Å². The van der Waals surface area contributed by atoms with E-state index in [9.17, 15) is 4.79 Å². The summed E-state index contributed by atoms with van der Waals surface area (Å²) < 4.78 is 1.97. The molecule has 0 saturated carbocycles. The minimum Gasteiger partial charge on any atom is -0.278 e. The zero-order valence-corrected chi connectivity index (χ0v) is 15.8. The predicted octanol–water partition coefficient (Wildman–Crippen LogP) is 4.09. The van der Waals surface area contributed by atoms with Crippen molar-refractivity contribution in [1.82, 2.24) is 19.9 Å². The van der Waals surface area contributed by atoms with E-state index in [2.05, 4.69) is 35.9 Å². The number of amides is 1. The number of aromatic nitrogens is 4. The summed E-state index contributed by atoms with van der Waals surface area (Å²) in [6.45, 7) is 0.351. The van der Waals surface area contributed by atoms with Gasteiger partial charge in [-0.3, -0.25) is 19.7 Å². The Morgan fingerprint density at radius 3 is 2.77 bits per heavy atom. The molecule has 1 amide bonds. The number of hydrogen-bond donors (Lipinski definition) is 0. The number of fused-ring (bicyclic) bond motifs is 1. The van der Waals surface area contributed by atoms with E-state index in [0.29, 0.717) is 11.7 Å². The molecule has 0 radical (unpaired) electrons. The number of thiazole rings is 1. The second kappa shape index (κ2) is 7.27. The third kappa shape index (κ3) is 3.47. The highest BCUT2D eigenvalue weighted by Crippen LogP contribution is 2.32. The van der Waals surface area contributed by atoms with Crippen molar-refractivity contribution < 1.29 is 4.79 Å². The van der Waals surface area contributed by atoms with Crippen LogP contribution in [0.5, 0.6) is 0 Å². The maximum atomic E-state index is 13.1. The summed E-state index contributed by atoms with van der Waals surface area (Å²) in [7, 11) is 0. The summed E-state index contributed by atoms with van der Waals surface area (Å²) in [5.74, 6) is -0.250. The molecule has 0 bridgehead atoms. The number of anilines is 1. The average Bonchev–Trinajstić information content (AvgIpc) is 3.10. The molecular weight excluding hydrogens is 414 g/mol. The molecule has 0 aliphatic heterocycles. The van der Waals surface area contributed by atoms with E-state index >= 15 is 0 Å². The molecule has 3 aromatic heterocycles. The van der Waals surface area contributed by atoms with Crippen LogP contribution in [-0.2, 0) is 6.54 Å². The van der Waals surface area contributed by atoms with Crippen LogP contribution in [-0.4, -0.2) is 25.8 Å². The first-order valence-corrected chi connectivity index (χ1v) is 9.34. The smallest absolute Gasteiger partial charge is 0.278 e. The van der Waals surface area contributed by atoms with Gasteiger partial charge in [0.1, 0.15) is 5.69 Å². The first-order valence-electron chi connectivity index (χ1n) is 7.73. The third-order valence-electron chi connectivity index (χ3n) is 3.66. The van der Waals surface area contributed by atoms with E-state index in [0.717, 1.165) is 20.3 Å². The fraction of sp³-hybridized carbons (Fsp3) is 0.0556. The number of pyridine rings is 1. The van der Waals surface area contributed by atoms with E-state index in [1.807, 2.05) is 30.3 Å². The lowest BCUT2D eigenvalue weighted by atomic mass is 10.2. The van der Waals surface area contributed by atoms with E-state index in [1.165, 1.54) is 29.9 Å². The zero-order valence-electron chi connectivity index (χ0n) is 13.4. The third-order valence-corrected chi connectivity index (χ3v) is 5.20. The Bertz CT molecular complexity index is 1060. The Kier molecular flexibility index (Phi) is 4.68. The normalized spacial score (nSPS) is 10.8. The lowest BCUT2D eigenvalue weighted by Gasteiger charge is -2.19. The summed E-state index contributed by atoms with van der Waals surface area (Å²) in [6, 6.07) is 9.62. The van der Waals surface area contributed by atoms with E-state index in [-0.39, 0.29) is 11.6 Å². The summed E-state index contributed by atoms with van der Waals surface area (Å²) in [5, 5.41) is 0.609. The van der Waals surface area contributed by atoms with Crippen LogP contribution >= 0.6 is 27.3 Å². The van der Waals surface area contributed by atoms with Gasteiger partial charge in [0, 0.05) is 29.3 Å². The Labute approximate surface area is 161 Å². The van der Waals surface area contributed by atoms with Gasteiger partial charge in [-0.2, -0.15) is 0 Å². The van der Waals surface area contributed by atoms with Gasteiger partial charge in [-0.1, -0.05) is 33.3 Å². The molecule has 0 spiro atoms. The largest absolute Gasteiger partial charge is 0.280 e. The molecule has 8 heteroatoms. The van der Waals surface area contributed by atoms with Crippen LogP contribution in [0.1, 0.15) is 16.1 Å². The van der Waals surface area contributed by atoms with Crippen molar-refractivity contribution in [3.8, 4) is 0 Å². The number of benzene rings is 1. The Hall–Kier alpha value is -2.71. The summed E-state index contributed by atoms with van der Waals surface area (Å²) in [6.07, 6.45) is 7.94. The summed E-state index contributed by atoms with van der Waals surface area (Å²) >= 11 is 4.93. The van der Waals surface area contributed by atoms with E-state index in [4.69, 9.17) is 0 Å². The van der Waals surface area contributed by atoms with E-state index < -0.39 is 0 Å². The average molecular weight is 426 g/mol. The van der Waals surface area contributed by atoms with Crippen molar-refractivity contribution in [2.45, 2.75) is 6.54 Å². The number of carbonyl (C=O) groups excluding carboxylic acids is 1. The second-order valence-electron chi connectivity index (χ2n) is 5.45. The molecule has 128 valence electrons. The van der Waals surface area contributed by atoms with Gasteiger partial charge in [0.15, 0.2) is 5.13 Å². The first kappa shape index (κ1) is 16.7. The molecule has 0 N–H and O–H groups in total. The monoisotopic (exact) mass is 425 g/mol. The quantitative estimate of drug-likeness (QED) is 0.492.